The van der Waals surface area contributed by atoms with Crippen molar-refractivity contribution in [3.63, 3.8) is 0 Å². The Morgan fingerprint density at radius 2 is 1.89 bits per heavy atom. The fourth-order valence-electron chi connectivity index (χ4n) is 5.40. The van der Waals surface area contributed by atoms with Crippen LogP contribution in [0.2, 0.25) is 0 Å². The predicted octanol–water partition coefficient (Wildman–Crippen LogP) is 3.78. The molecule has 0 bridgehead atoms. The summed E-state index contributed by atoms with van der Waals surface area (Å²) in [5, 5.41) is 23.2. The van der Waals surface area contributed by atoms with E-state index in [-0.39, 0.29) is 29.9 Å². The van der Waals surface area contributed by atoms with E-state index in [1.165, 1.54) is 32.1 Å². The van der Waals surface area contributed by atoms with Gasteiger partial charge in [-0.05, 0) is 54.2 Å². The number of aliphatic hydroxyl groups excluding tert-OH is 1. The van der Waals surface area contributed by atoms with Crippen LogP contribution in [0.4, 0.5) is 0 Å². The van der Waals surface area contributed by atoms with Gasteiger partial charge in [0.1, 0.15) is 6.04 Å². The second-order valence-electron chi connectivity index (χ2n) is 10.1. The molecule has 9 nitrogen and oxygen atoms in total. The number of carboxylic acid groups (broad SMARTS) is 1. The number of fused-ring (bicyclic) bond motifs is 3. The molecule has 3 N–H and O–H groups in total. The Labute approximate surface area is 215 Å². The van der Waals surface area contributed by atoms with E-state index in [1.807, 2.05) is 0 Å². The maximum absolute atomic E-state index is 13.2. The van der Waals surface area contributed by atoms with Crippen molar-refractivity contribution in [2.45, 2.75) is 70.1 Å². The summed E-state index contributed by atoms with van der Waals surface area (Å²) >= 11 is 0. The number of cyclic esters (lactones) is 1. The largest absolute Gasteiger partial charge is 0.481 e. The van der Waals surface area contributed by atoms with Crippen LogP contribution < -0.4 is 5.32 Å². The van der Waals surface area contributed by atoms with E-state index < -0.39 is 30.2 Å². The van der Waals surface area contributed by atoms with Gasteiger partial charge in [0, 0.05) is 31.1 Å². The van der Waals surface area contributed by atoms with Gasteiger partial charge in [-0.1, -0.05) is 44.2 Å². The smallest absolute Gasteiger partial charge is 0.341 e. The molecule has 0 spiro atoms. The lowest BCUT2D eigenvalue weighted by atomic mass is 9.86. The average Bonchev–Trinajstić information content (AvgIpc) is 3.19. The Kier molecular flexibility index (Phi) is 8.43. The Hall–Kier alpha value is -3.46. The summed E-state index contributed by atoms with van der Waals surface area (Å²) in [5.41, 5.74) is 0.919. The number of aliphatic hydroxyl groups is 1. The van der Waals surface area contributed by atoms with Gasteiger partial charge in [0.2, 0.25) is 12.2 Å². The van der Waals surface area contributed by atoms with Crippen LogP contribution in [0.15, 0.2) is 30.3 Å². The minimum absolute atomic E-state index is 0.0143. The Morgan fingerprint density at radius 1 is 1.14 bits per heavy atom. The lowest BCUT2D eigenvalue weighted by Gasteiger charge is -2.26. The number of carboxylic acids is 1. The van der Waals surface area contributed by atoms with Crippen LogP contribution in [-0.4, -0.2) is 58.5 Å². The third-order valence-electron chi connectivity index (χ3n) is 7.47. The van der Waals surface area contributed by atoms with E-state index >= 15 is 0 Å². The number of rotatable bonds is 10. The molecule has 0 radical (unpaired) electrons. The van der Waals surface area contributed by atoms with Crippen molar-refractivity contribution in [1.82, 2.24) is 10.2 Å². The molecule has 4 rings (SSSR count). The van der Waals surface area contributed by atoms with Crippen LogP contribution in [0.25, 0.3) is 10.8 Å². The molecular weight excluding hydrogens is 476 g/mol. The highest BCUT2D eigenvalue weighted by atomic mass is 16.6. The van der Waals surface area contributed by atoms with Gasteiger partial charge in [0.05, 0.1) is 5.56 Å². The molecule has 1 aliphatic heterocycles. The zero-order valence-corrected chi connectivity index (χ0v) is 21.1. The molecule has 0 aromatic heterocycles. The van der Waals surface area contributed by atoms with Crippen LogP contribution in [0, 0.1) is 5.92 Å². The van der Waals surface area contributed by atoms with Gasteiger partial charge in [0.15, 0.2) is 0 Å². The monoisotopic (exact) mass is 510 g/mol. The molecule has 2 amide bonds. The molecule has 0 saturated heterocycles. The summed E-state index contributed by atoms with van der Waals surface area (Å²) in [6, 6.07) is 7.01. The lowest BCUT2D eigenvalue weighted by Crippen LogP contribution is -2.47. The summed E-state index contributed by atoms with van der Waals surface area (Å²) in [4.78, 5) is 50.9. The van der Waals surface area contributed by atoms with Crippen molar-refractivity contribution in [3.8, 4) is 0 Å². The highest BCUT2D eigenvalue weighted by Gasteiger charge is 2.31. The number of esters is 1. The Morgan fingerprint density at radius 3 is 2.62 bits per heavy atom. The maximum Gasteiger partial charge on any atom is 0.341 e. The number of amides is 2. The number of benzene rings is 2. The normalized spacial score (nSPS) is 18.2. The first-order valence-corrected chi connectivity index (χ1v) is 13.0. The average molecular weight is 511 g/mol. The molecule has 2 aromatic carbocycles. The second-order valence-corrected chi connectivity index (χ2v) is 10.1. The van der Waals surface area contributed by atoms with Gasteiger partial charge in [-0.3, -0.25) is 14.4 Å². The quantitative estimate of drug-likeness (QED) is 0.414. The first-order valence-electron chi connectivity index (χ1n) is 13.0. The molecule has 198 valence electrons. The number of nitrogens with zero attached hydrogens (tertiary/aromatic N) is 1. The standard InChI is InChI=1S/C28H34N2O7/c1-30(15-5-8-17-6-3-2-4-7-17)26(34)22(13-14-23(31)32)29-25(33)19-10-11-20-18(16-19)9-12-21-24(20)28(36)37-27(21)35/h9-12,16-17,22,28,36H,2-8,13-15H2,1H3,(H,29,33)(H,31,32)/t22-,28?/m0/s1. The Bertz CT molecular complexity index is 1190. The fourth-order valence-corrected chi connectivity index (χ4v) is 5.40. The van der Waals surface area contributed by atoms with Crippen LogP contribution in [-0.2, 0) is 14.3 Å². The first-order chi connectivity index (χ1) is 17.7. The maximum atomic E-state index is 13.2. The van der Waals surface area contributed by atoms with Crippen molar-refractivity contribution in [2.75, 3.05) is 13.6 Å². The summed E-state index contributed by atoms with van der Waals surface area (Å²) < 4.78 is 4.87. The fraction of sp³-hybridized carbons (Fsp3) is 0.500. The molecule has 1 saturated carbocycles. The summed E-state index contributed by atoms with van der Waals surface area (Å²) in [5.74, 6) is -1.75. The van der Waals surface area contributed by atoms with Gasteiger partial charge in [-0.25, -0.2) is 4.79 Å². The summed E-state index contributed by atoms with van der Waals surface area (Å²) in [7, 11) is 1.69. The third-order valence-corrected chi connectivity index (χ3v) is 7.47. The minimum atomic E-state index is -1.36. The topological polar surface area (TPSA) is 133 Å². The molecule has 1 fully saturated rings. The number of hydrogen-bond acceptors (Lipinski definition) is 6. The number of nitrogens with one attached hydrogen (secondary N) is 1. The molecule has 2 aromatic rings. The third kappa shape index (κ3) is 6.28. The summed E-state index contributed by atoms with van der Waals surface area (Å²) in [6.45, 7) is 0.555. The van der Waals surface area contributed by atoms with E-state index in [0.29, 0.717) is 28.8 Å². The van der Waals surface area contributed by atoms with Crippen molar-refractivity contribution < 1.29 is 34.1 Å². The molecule has 1 aliphatic carbocycles. The molecule has 1 unspecified atom stereocenters. The highest BCUT2D eigenvalue weighted by Crippen LogP contribution is 2.35. The zero-order chi connectivity index (χ0) is 26.5. The van der Waals surface area contributed by atoms with Crippen LogP contribution in [0.1, 0.15) is 90.4 Å². The number of carbonyl (C=O) groups is 4. The van der Waals surface area contributed by atoms with Gasteiger partial charge >= 0.3 is 11.9 Å². The first kappa shape index (κ1) is 26.6. The summed E-state index contributed by atoms with van der Waals surface area (Å²) in [6.07, 6.45) is 6.64. The van der Waals surface area contributed by atoms with Crippen molar-refractivity contribution in [2.24, 2.45) is 5.92 Å². The van der Waals surface area contributed by atoms with E-state index in [9.17, 15) is 24.3 Å². The van der Waals surface area contributed by atoms with Crippen LogP contribution in [0.3, 0.4) is 0 Å². The second kappa shape index (κ2) is 11.7. The predicted molar refractivity (Wildman–Crippen MR) is 136 cm³/mol. The van der Waals surface area contributed by atoms with E-state index in [2.05, 4.69) is 5.32 Å². The van der Waals surface area contributed by atoms with E-state index in [4.69, 9.17) is 9.84 Å². The van der Waals surface area contributed by atoms with Gasteiger partial charge < -0.3 is 25.2 Å². The number of likely N-dealkylation sites (N-methyl/N-ethyl adjacent to an activating group) is 1. The van der Waals surface area contributed by atoms with Crippen molar-refractivity contribution in [1.29, 1.82) is 0 Å². The van der Waals surface area contributed by atoms with E-state index in [0.717, 1.165) is 12.8 Å². The molecule has 1 heterocycles. The lowest BCUT2D eigenvalue weighted by molar-refractivity contribution is -0.137. The van der Waals surface area contributed by atoms with Crippen LogP contribution in [0.5, 0.6) is 0 Å². The van der Waals surface area contributed by atoms with Gasteiger partial charge in [-0.15, -0.1) is 0 Å². The minimum Gasteiger partial charge on any atom is -0.481 e. The van der Waals surface area contributed by atoms with Crippen LogP contribution >= 0.6 is 0 Å². The molecule has 9 heteroatoms. The van der Waals surface area contributed by atoms with Gasteiger partial charge in [-0.2, -0.15) is 0 Å². The molecular formula is C28H34N2O7. The SMILES string of the molecule is CN(CCCC1CCCCC1)C(=O)[C@H](CCC(=O)O)NC(=O)c1ccc2c3c(ccc2c1)C(=O)OC3O. The number of aliphatic carboxylic acids is 1. The number of hydrogen-bond donors (Lipinski definition) is 3. The number of ether oxygens (including phenoxy) is 1. The van der Waals surface area contributed by atoms with Gasteiger partial charge in [0.25, 0.3) is 5.91 Å². The molecule has 37 heavy (non-hydrogen) atoms. The van der Waals surface area contributed by atoms with E-state index in [1.54, 1.807) is 42.3 Å². The molecule has 2 atom stereocenters. The number of carbonyl (C=O) groups excluding carboxylic acids is 3. The zero-order valence-electron chi connectivity index (χ0n) is 21.1. The van der Waals surface area contributed by atoms with Crippen molar-refractivity contribution in [3.05, 3.63) is 47.0 Å². The Balaban J connectivity index is 1.43. The van der Waals surface area contributed by atoms with Crippen molar-refractivity contribution >= 4 is 34.5 Å². The highest BCUT2D eigenvalue weighted by molar-refractivity contribution is 6.05. The molecule has 2 aliphatic rings.